The van der Waals surface area contributed by atoms with Gasteiger partial charge in [0.25, 0.3) is 0 Å². The van der Waals surface area contributed by atoms with Crippen LogP contribution >= 0.6 is 0 Å². The van der Waals surface area contributed by atoms with Crippen molar-refractivity contribution in [3.63, 3.8) is 0 Å². The zero-order valence-corrected chi connectivity index (χ0v) is 9.56. The first-order valence-corrected chi connectivity index (χ1v) is 5.66. The van der Waals surface area contributed by atoms with Gasteiger partial charge in [-0.05, 0) is 37.4 Å². The lowest BCUT2D eigenvalue weighted by atomic mass is 10.0. The quantitative estimate of drug-likeness (QED) is 0.809. The molecular weight excluding hydrogens is 188 g/mol. The minimum Gasteiger partial charge on any atom is -0.393 e. The molecule has 15 heavy (non-hydrogen) atoms. The topological polar surface area (TPSA) is 28.4 Å². The largest absolute Gasteiger partial charge is 0.393 e. The zero-order chi connectivity index (χ0) is 10.8. The van der Waals surface area contributed by atoms with Gasteiger partial charge in [0.15, 0.2) is 0 Å². The Morgan fingerprint density at radius 2 is 2.40 bits per heavy atom. The molecule has 1 N–H and O–H groups in total. The molecule has 1 aliphatic heterocycles. The number of rotatable bonds is 3. The molecule has 2 atom stereocenters. The highest BCUT2D eigenvalue weighted by atomic mass is 16.3. The molecule has 0 spiro atoms. The maximum absolute atomic E-state index is 9.51. The van der Waals surface area contributed by atoms with Crippen LogP contribution in [0.1, 0.15) is 18.9 Å². The predicted octanol–water partition coefficient (Wildman–Crippen LogP) is 1.23. The van der Waals surface area contributed by atoms with E-state index < -0.39 is 0 Å². The summed E-state index contributed by atoms with van der Waals surface area (Å²) in [5.74, 6) is 0.466. The van der Waals surface area contributed by atoms with E-state index in [0.29, 0.717) is 5.92 Å². The van der Waals surface area contributed by atoms with E-state index in [2.05, 4.69) is 27.9 Å². The number of likely N-dealkylation sites (tertiary alicyclic amines) is 1. The number of aliphatic hydroxyl groups is 1. The third-order valence-electron chi connectivity index (χ3n) is 3.29. The Hall–Kier alpha value is -0.800. The van der Waals surface area contributed by atoms with Crippen LogP contribution < -0.4 is 0 Å². The van der Waals surface area contributed by atoms with Crippen LogP contribution in [-0.4, -0.2) is 33.8 Å². The molecule has 1 aliphatic rings. The first-order chi connectivity index (χ1) is 7.15. The summed E-state index contributed by atoms with van der Waals surface area (Å²) >= 11 is 0. The molecule has 1 aromatic rings. The molecule has 3 heteroatoms. The Balaban J connectivity index is 1.87. The van der Waals surface area contributed by atoms with Crippen molar-refractivity contribution >= 4 is 0 Å². The van der Waals surface area contributed by atoms with Gasteiger partial charge in [-0.1, -0.05) is 0 Å². The molecule has 0 aliphatic carbocycles. The Labute approximate surface area is 91.3 Å². The molecule has 0 bridgehead atoms. The third-order valence-corrected chi connectivity index (χ3v) is 3.29. The summed E-state index contributed by atoms with van der Waals surface area (Å²) in [6.07, 6.45) is 5.21. The van der Waals surface area contributed by atoms with E-state index in [9.17, 15) is 5.11 Å². The Morgan fingerprint density at radius 3 is 2.93 bits per heavy atom. The molecule has 0 radical (unpaired) electrons. The van der Waals surface area contributed by atoms with E-state index in [1.54, 1.807) is 0 Å². The number of hydrogen-bond acceptors (Lipinski definition) is 2. The second kappa shape index (κ2) is 4.37. The Kier molecular flexibility index (Phi) is 3.12. The summed E-state index contributed by atoms with van der Waals surface area (Å²) in [5, 5.41) is 9.51. The van der Waals surface area contributed by atoms with E-state index in [1.807, 2.05) is 14.0 Å². The SMILES string of the molecule is CC(O)C1CCN(Cc2ccn(C)c2)C1. The minimum absolute atomic E-state index is 0.161. The summed E-state index contributed by atoms with van der Waals surface area (Å²) < 4.78 is 2.08. The van der Waals surface area contributed by atoms with Crippen LogP contribution in [0.3, 0.4) is 0 Å². The highest BCUT2D eigenvalue weighted by Crippen LogP contribution is 2.21. The molecule has 2 heterocycles. The van der Waals surface area contributed by atoms with E-state index in [0.717, 1.165) is 26.1 Å². The van der Waals surface area contributed by atoms with E-state index >= 15 is 0 Å². The summed E-state index contributed by atoms with van der Waals surface area (Å²) in [4.78, 5) is 2.42. The highest BCUT2D eigenvalue weighted by molar-refractivity contribution is 5.10. The molecule has 1 fully saturated rings. The van der Waals surface area contributed by atoms with Crippen molar-refractivity contribution in [3.8, 4) is 0 Å². The Morgan fingerprint density at radius 1 is 1.60 bits per heavy atom. The predicted molar refractivity (Wildman–Crippen MR) is 60.5 cm³/mol. The van der Waals surface area contributed by atoms with Crippen LogP contribution in [0, 0.1) is 5.92 Å². The first-order valence-electron chi connectivity index (χ1n) is 5.66. The van der Waals surface area contributed by atoms with Crippen molar-refractivity contribution < 1.29 is 5.11 Å². The molecule has 0 aromatic carbocycles. The summed E-state index contributed by atoms with van der Waals surface area (Å²) in [5.41, 5.74) is 1.36. The monoisotopic (exact) mass is 208 g/mol. The van der Waals surface area contributed by atoms with Crippen LogP contribution in [0.15, 0.2) is 18.5 Å². The minimum atomic E-state index is -0.161. The van der Waals surface area contributed by atoms with E-state index in [4.69, 9.17) is 0 Å². The van der Waals surface area contributed by atoms with Crippen molar-refractivity contribution in [1.82, 2.24) is 9.47 Å². The fourth-order valence-electron chi connectivity index (χ4n) is 2.31. The van der Waals surface area contributed by atoms with Crippen molar-refractivity contribution in [3.05, 3.63) is 24.0 Å². The van der Waals surface area contributed by atoms with Crippen LogP contribution in [0.5, 0.6) is 0 Å². The van der Waals surface area contributed by atoms with E-state index in [-0.39, 0.29) is 6.10 Å². The smallest absolute Gasteiger partial charge is 0.0552 e. The summed E-state index contributed by atoms with van der Waals surface area (Å²) in [6, 6.07) is 2.16. The molecule has 3 nitrogen and oxygen atoms in total. The lowest BCUT2D eigenvalue weighted by molar-refractivity contribution is 0.127. The molecule has 0 saturated carbocycles. The normalized spacial score (nSPS) is 24.6. The van der Waals surface area contributed by atoms with Crippen molar-refractivity contribution in [1.29, 1.82) is 0 Å². The van der Waals surface area contributed by atoms with Crippen LogP contribution in [0.25, 0.3) is 0 Å². The number of aryl methyl sites for hydroxylation is 1. The van der Waals surface area contributed by atoms with Crippen molar-refractivity contribution in [2.45, 2.75) is 26.0 Å². The standard InChI is InChI=1S/C12H20N2O/c1-10(15)12-4-6-14(9-12)8-11-3-5-13(2)7-11/h3,5,7,10,12,15H,4,6,8-9H2,1-2H3. The second-order valence-corrected chi connectivity index (χ2v) is 4.71. The van der Waals surface area contributed by atoms with Gasteiger partial charge in [0.1, 0.15) is 0 Å². The number of hydrogen-bond donors (Lipinski definition) is 1. The average molecular weight is 208 g/mol. The number of aliphatic hydroxyl groups excluding tert-OH is 1. The molecule has 0 amide bonds. The first kappa shape index (κ1) is 10.7. The van der Waals surface area contributed by atoms with E-state index in [1.165, 1.54) is 5.56 Å². The molecular formula is C12H20N2O. The fourth-order valence-corrected chi connectivity index (χ4v) is 2.31. The van der Waals surface area contributed by atoms with Crippen LogP contribution in [0.4, 0.5) is 0 Å². The molecule has 84 valence electrons. The highest BCUT2D eigenvalue weighted by Gasteiger charge is 2.25. The van der Waals surface area contributed by atoms with Gasteiger partial charge in [-0.25, -0.2) is 0 Å². The van der Waals surface area contributed by atoms with Gasteiger partial charge in [0, 0.05) is 32.5 Å². The third kappa shape index (κ3) is 2.61. The summed E-state index contributed by atoms with van der Waals surface area (Å²) in [7, 11) is 2.05. The molecule has 2 rings (SSSR count). The Bertz CT molecular complexity index is 319. The lowest BCUT2D eigenvalue weighted by Crippen LogP contribution is -2.23. The van der Waals surface area contributed by atoms with Crippen LogP contribution in [0.2, 0.25) is 0 Å². The zero-order valence-electron chi connectivity index (χ0n) is 9.56. The second-order valence-electron chi connectivity index (χ2n) is 4.71. The van der Waals surface area contributed by atoms with Gasteiger partial charge in [-0.3, -0.25) is 4.90 Å². The lowest BCUT2D eigenvalue weighted by Gasteiger charge is -2.16. The fraction of sp³-hybridized carbons (Fsp3) is 0.667. The number of nitrogens with zero attached hydrogens (tertiary/aromatic N) is 2. The summed E-state index contributed by atoms with van der Waals surface area (Å²) in [6.45, 7) is 5.07. The molecule has 1 saturated heterocycles. The van der Waals surface area contributed by atoms with Gasteiger partial charge in [0.05, 0.1) is 6.10 Å². The van der Waals surface area contributed by atoms with Gasteiger partial charge in [-0.2, -0.15) is 0 Å². The molecule has 1 aromatic heterocycles. The van der Waals surface area contributed by atoms with Gasteiger partial charge < -0.3 is 9.67 Å². The molecule has 2 unspecified atom stereocenters. The average Bonchev–Trinajstić information content (AvgIpc) is 2.76. The van der Waals surface area contributed by atoms with Crippen LogP contribution in [-0.2, 0) is 13.6 Å². The van der Waals surface area contributed by atoms with Crippen molar-refractivity contribution in [2.24, 2.45) is 13.0 Å². The van der Waals surface area contributed by atoms with Gasteiger partial charge in [-0.15, -0.1) is 0 Å². The van der Waals surface area contributed by atoms with Gasteiger partial charge in [0.2, 0.25) is 0 Å². The van der Waals surface area contributed by atoms with Gasteiger partial charge >= 0.3 is 0 Å². The maximum atomic E-state index is 9.51. The number of aromatic nitrogens is 1. The maximum Gasteiger partial charge on any atom is 0.0552 e. The van der Waals surface area contributed by atoms with Crippen molar-refractivity contribution in [2.75, 3.05) is 13.1 Å².